The van der Waals surface area contributed by atoms with E-state index in [1.54, 1.807) is 27.7 Å². The van der Waals surface area contributed by atoms with Gasteiger partial charge in [0.15, 0.2) is 16.3 Å². The molecule has 3 unspecified atom stereocenters. The van der Waals surface area contributed by atoms with E-state index in [1.807, 2.05) is 26.0 Å². The summed E-state index contributed by atoms with van der Waals surface area (Å²) in [5, 5.41) is 22.6. The summed E-state index contributed by atoms with van der Waals surface area (Å²) < 4.78 is 44.6. The zero-order valence-electron chi connectivity index (χ0n) is 26.6. The molecular weight excluding hydrogens is 559 g/mol. The van der Waals surface area contributed by atoms with Crippen molar-refractivity contribution in [1.29, 1.82) is 10.5 Å². The molecule has 11 nitrogen and oxygen atoms in total. The Hall–Kier alpha value is -1.57. The van der Waals surface area contributed by atoms with Crippen molar-refractivity contribution in [3.63, 3.8) is 0 Å². The quantitative estimate of drug-likeness (QED) is 0.0977. The first kappa shape index (κ1) is 43.9. The fourth-order valence-corrected chi connectivity index (χ4v) is 3.75. The maximum Gasteiger partial charge on any atom is 1.00 e. The van der Waals surface area contributed by atoms with Gasteiger partial charge in [0.25, 0.3) is 0 Å². The molecule has 41 heavy (non-hydrogen) atoms. The minimum Gasteiger partial charge on any atom is -0.747 e. The van der Waals surface area contributed by atoms with Crippen molar-refractivity contribution < 1.29 is 61.6 Å². The number of hydrogen-bond acceptors (Lipinski definition) is 11. The van der Waals surface area contributed by atoms with Crippen LogP contribution in [0.4, 0.5) is 0 Å². The molecule has 0 fully saturated rings. The van der Waals surface area contributed by atoms with Crippen molar-refractivity contribution in [2.45, 2.75) is 130 Å². The van der Waals surface area contributed by atoms with Crippen LogP contribution in [0.25, 0.3) is 0 Å². The van der Waals surface area contributed by atoms with Crippen LogP contribution in [0.2, 0.25) is 0 Å². The maximum atomic E-state index is 12.1. The molecule has 0 aromatic carbocycles. The predicted octanol–water partition coefficient (Wildman–Crippen LogP) is 2.86. The van der Waals surface area contributed by atoms with Gasteiger partial charge in [0.1, 0.15) is 10.1 Å². The van der Waals surface area contributed by atoms with Gasteiger partial charge in [0, 0.05) is 0 Å². The third kappa shape index (κ3) is 22.7. The largest absolute Gasteiger partial charge is 1.00 e. The normalized spacial score (nSPS) is 13.8. The Bertz CT molecular complexity index is 945. The molecule has 0 aliphatic carbocycles. The average Bonchev–Trinajstić information content (AvgIpc) is 2.90. The van der Waals surface area contributed by atoms with Gasteiger partial charge in [0.05, 0.1) is 31.8 Å². The molecule has 230 valence electrons. The summed E-state index contributed by atoms with van der Waals surface area (Å²) in [6.07, 6.45) is 6.58. The molecule has 0 aliphatic rings. The van der Waals surface area contributed by atoms with Gasteiger partial charge in [-0.25, -0.2) is 8.42 Å². The van der Waals surface area contributed by atoms with Crippen LogP contribution in [0, 0.1) is 34.5 Å². The van der Waals surface area contributed by atoms with E-state index in [0.717, 1.165) is 51.4 Å². The molecule has 0 spiro atoms. The fraction of sp³-hybridized carbons (Fsp3) is 0.857. The van der Waals surface area contributed by atoms with Crippen molar-refractivity contribution in [1.82, 2.24) is 0 Å². The first-order chi connectivity index (χ1) is 18.5. The van der Waals surface area contributed by atoms with Crippen LogP contribution in [0.15, 0.2) is 10.2 Å². The molecule has 0 aliphatic heterocycles. The van der Waals surface area contributed by atoms with Gasteiger partial charge in [0.2, 0.25) is 0 Å². The number of nitrogens with zero attached hydrogens (tertiary/aromatic N) is 4. The number of hydrogen-bond donors (Lipinski definition) is 0. The van der Waals surface area contributed by atoms with E-state index in [1.165, 1.54) is 0 Å². The molecule has 0 aromatic rings. The van der Waals surface area contributed by atoms with Crippen LogP contribution in [0.3, 0.4) is 0 Å². The van der Waals surface area contributed by atoms with Gasteiger partial charge in [-0.15, -0.1) is 0 Å². The Morgan fingerprint density at radius 1 is 0.829 bits per heavy atom. The second-order valence-corrected chi connectivity index (χ2v) is 12.4. The zero-order valence-corrected chi connectivity index (χ0v) is 29.4. The predicted molar refractivity (Wildman–Crippen MR) is 151 cm³/mol. The Morgan fingerprint density at radius 3 is 1.54 bits per heavy atom. The Morgan fingerprint density at radius 2 is 1.22 bits per heavy atom. The summed E-state index contributed by atoms with van der Waals surface area (Å²) in [6.45, 7) is 14.8. The number of unbranched alkanes of at least 4 members (excludes halogenated alkanes) is 2. The minimum atomic E-state index is -5.01. The van der Waals surface area contributed by atoms with Crippen molar-refractivity contribution >= 4 is 22.1 Å². The fourth-order valence-electron chi connectivity index (χ4n) is 3.11. The SMILES string of the molecule is CC(C)(C#N)/N=N/C(C)(C)C#N.CCCCC(CC)COC(=O)CC(C(=O)OCC(CC)CCCC)S(=O)(=O)[O-].[Na+]. The number of nitriles is 2. The molecule has 0 rings (SSSR count). The zero-order chi connectivity index (χ0) is 31.4. The molecule has 3 atom stereocenters. The first-order valence-corrected chi connectivity index (χ1v) is 15.5. The number of rotatable bonds is 18. The molecule has 0 N–H and O–H groups in total. The van der Waals surface area contributed by atoms with Crippen LogP contribution in [0.5, 0.6) is 0 Å². The van der Waals surface area contributed by atoms with Crippen molar-refractivity contribution in [3.05, 3.63) is 0 Å². The molecule has 0 saturated heterocycles. The van der Waals surface area contributed by atoms with E-state index in [-0.39, 0.29) is 54.6 Å². The third-order valence-corrected chi connectivity index (χ3v) is 7.14. The number of ether oxygens (including phenoxy) is 2. The number of azo groups is 1. The van der Waals surface area contributed by atoms with E-state index in [2.05, 4.69) is 24.1 Å². The molecule has 0 saturated carbocycles. The standard InChI is InChI=1S/C20H38O7S.C8H12N4.Na/c1-5-9-11-16(7-3)14-26-19(21)13-18(28(23,24)25)20(22)27-15-17(8-4)12-10-6-2;1-7(2,5-9)11-12-8(3,4)6-10;/h16-18H,5-15H2,1-4H3,(H,23,24,25);1-4H3;/q;;+1/p-1/b;12-11+;. The summed E-state index contributed by atoms with van der Waals surface area (Å²) in [4.78, 5) is 24.1. The summed E-state index contributed by atoms with van der Waals surface area (Å²) in [5.74, 6) is -1.74. The Balaban J connectivity index is -0.000000933. The number of carbonyl (C=O) groups is 2. The van der Waals surface area contributed by atoms with Crippen LogP contribution in [-0.4, -0.2) is 54.5 Å². The number of carbonyl (C=O) groups excluding carboxylic acids is 2. The summed E-state index contributed by atoms with van der Waals surface area (Å²) in [6, 6.07) is 3.94. The van der Waals surface area contributed by atoms with Gasteiger partial charge in [-0.1, -0.05) is 66.2 Å². The van der Waals surface area contributed by atoms with Crippen LogP contribution < -0.4 is 29.6 Å². The van der Waals surface area contributed by atoms with E-state index in [0.29, 0.717) is 0 Å². The van der Waals surface area contributed by atoms with Crippen molar-refractivity contribution in [3.8, 4) is 12.1 Å². The maximum absolute atomic E-state index is 12.1. The van der Waals surface area contributed by atoms with Gasteiger partial charge < -0.3 is 14.0 Å². The average molecular weight is 609 g/mol. The monoisotopic (exact) mass is 608 g/mol. The Kier molecular flexibility index (Phi) is 24.6. The second kappa shape index (κ2) is 23.0. The van der Waals surface area contributed by atoms with E-state index in [9.17, 15) is 22.6 Å². The third-order valence-electron chi connectivity index (χ3n) is 6.09. The van der Waals surface area contributed by atoms with Crippen LogP contribution in [-0.2, 0) is 29.2 Å². The smallest absolute Gasteiger partial charge is 0.747 e. The van der Waals surface area contributed by atoms with E-state index >= 15 is 0 Å². The van der Waals surface area contributed by atoms with Crippen molar-refractivity contribution in [2.24, 2.45) is 22.1 Å². The van der Waals surface area contributed by atoms with Crippen molar-refractivity contribution in [2.75, 3.05) is 13.2 Å². The molecule has 0 heterocycles. The summed E-state index contributed by atoms with van der Waals surface area (Å²) in [5.41, 5.74) is -1.68. The first-order valence-electron chi connectivity index (χ1n) is 14.1. The van der Waals surface area contributed by atoms with Gasteiger partial charge in [-0.05, 0) is 52.4 Å². The molecule has 13 heteroatoms. The van der Waals surface area contributed by atoms with E-state index in [4.69, 9.17) is 20.0 Å². The Labute approximate surface area is 269 Å². The molecule has 0 bridgehead atoms. The summed E-state index contributed by atoms with van der Waals surface area (Å²) >= 11 is 0. The van der Waals surface area contributed by atoms with Gasteiger partial charge in [-0.2, -0.15) is 20.8 Å². The molecule has 0 radical (unpaired) electrons. The summed E-state index contributed by atoms with van der Waals surface area (Å²) in [7, 11) is -5.01. The second-order valence-electron chi connectivity index (χ2n) is 10.9. The molecular formula is C28H49N4NaO7S. The molecule has 0 aromatic heterocycles. The minimum absolute atomic E-state index is 0. The topological polar surface area (TPSA) is 182 Å². The van der Waals surface area contributed by atoms with Gasteiger partial charge in [-0.3, -0.25) is 9.59 Å². The van der Waals surface area contributed by atoms with E-state index < -0.39 is 44.8 Å². The van der Waals surface area contributed by atoms with Crippen LogP contribution >= 0.6 is 0 Å². The van der Waals surface area contributed by atoms with Gasteiger partial charge >= 0.3 is 41.5 Å². The van der Waals surface area contributed by atoms with Crippen LogP contribution in [0.1, 0.15) is 113 Å². The number of esters is 2. The molecule has 0 amide bonds.